The zero-order chi connectivity index (χ0) is 33.9. The number of aliphatic hydroxyl groups excluding tert-OH is 1. The van der Waals surface area contributed by atoms with Crippen molar-refractivity contribution in [3.63, 3.8) is 0 Å². The molecule has 248 valence electrons. The molecule has 3 rings (SSSR count). The number of hydrogen-bond donors (Lipinski definition) is 2. The standard InChI is InChI=1S/C38H44N2O7/c1-3-14-32(25-35(42)40(22-23-41)26-30-18-10-6-11-19-30)36(43)39-34(38(45)46-27-31-20-12-7-13-21-31)28-47-37(44)33(15-4-2)24-29-16-8-5-9-17-29/h3-13,16-21,32-34,41H,1-2,14-15,22-28H2,(H,39,43). The van der Waals surface area contributed by atoms with E-state index in [4.69, 9.17) is 9.47 Å². The van der Waals surface area contributed by atoms with Gasteiger partial charge in [0.25, 0.3) is 0 Å². The lowest BCUT2D eigenvalue weighted by Gasteiger charge is -2.25. The first-order valence-electron chi connectivity index (χ1n) is 15.7. The van der Waals surface area contributed by atoms with Gasteiger partial charge in [0.1, 0.15) is 13.2 Å². The van der Waals surface area contributed by atoms with Gasteiger partial charge in [-0.15, -0.1) is 13.2 Å². The number of amides is 2. The molecular weight excluding hydrogens is 596 g/mol. The Balaban J connectivity index is 1.73. The lowest BCUT2D eigenvalue weighted by molar-refractivity contribution is -0.157. The number of hydrogen-bond acceptors (Lipinski definition) is 7. The van der Waals surface area contributed by atoms with E-state index in [0.717, 1.165) is 16.7 Å². The van der Waals surface area contributed by atoms with E-state index in [9.17, 15) is 24.3 Å². The Hall–Kier alpha value is -5.02. The summed E-state index contributed by atoms with van der Waals surface area (Å²) in [5.74, 6) is -3.67. The molecule has 47 heavy (non-hydrogen) atoms. The summed E-state index contributed by atoms with van der Waals surface area (Å²) < 4.78 is 11.1. The van der Waals surface area contributed by atoms with Crippen LogP contribution in [0, 0.1) is 11.8 Å². The average Bonchev–Trinajstić information content (AvgIpc) is 3.09. The van der Waals surface area contributed by atoms with E-state index in [-0.39, 0.29) is 45.1 Å². The predicted octanol–water partition coefficient (Wildman–Crippen LogP) is 4.80. The van der Waals surface area contributed by atoms with Crippen LogP contribution in [0.4, 0.5) is 0 Å². The number of rotatable bonds is 20. The van der Waals surface area contributed by atoms with Gasteiger partial charge in [-0.1, -0.05) is 103 Å². The SMILES string of the molecule is C=CCC(CC(=O)N(CCO)Cc1ccccc1)C(=O)NC(COC(=O)C(CC=C)Cc1ccccc1)C(=O)OCc1ccccc1. The molecule has 9 heteroatoms. The quantitative estimate of drug-likeness (QED) is 0.134. The Kier molecular flexibility index (Phi) is 15.6. The van der Waals surface area contributed by atoms with Gasteiger partial charge >= 0.3 is 11.9 Å². The third-order valence-electron chi connectivity index (χ3n) is 7.51. The van der Waals surface area contributed by atoms with Crippen LogP contribution in [0.3, 0.4) is 0 Å². The van der Waals surface area contributed by atoms with Crippen LogP contribution in [0.5, 0.6) is 0 Å². The summed E-state index contributed by atoms with van der Waals surface area (Å²) in [7, 11) is 0. The van der Waals surface area contributed by atoms with E-state index in [1.165, 1.54) is 11.0 Å². The van der Waals surface area contributed by atoms with Crippen molar-refractivity contribution in [2.24, 2.45) is 11.8 Å². The second kappa shape index (κ2) is 20.2. The van der Waals surface area contributed by atoms with Crippen LogP contribution in [0.15, 0.2) is 116 Å². The molecule has 0 aromatic heterocycles. The van der Waals surface area contributed by atoms with E-state index in [0.29, 0.717) is 12.8 Å². The largest absolute Gasteiger partial charge is 0.463 e. The van der Waals surface area contributed by atoms with E-state index < -0.39 is 42.3 Å². The van der Waals surface area contributed by atoms with Crippen molar-refractivity contribution in [1.82, 2.24) is 10.2 Å². The van der Waals surface area contributed by atoms with Gasteiger partial charge in [-0.2, -0.15) is 0 Å². The van der Waals surface area contributed by atoms with Gasteiger partial charge in [0.2, 0.25) is 11.8 Å². The maximum Gasteiger partial charge on any atom is 0.332 e. The first-order valence-corrected chi connectivity index (χ1v) is 15.7. The third kappa shape index (κ3) is 12.7. The van der Waals surface area contributed by atoms with Gasteiger partial charge in [0.15, 0.2) is 6.04 Å². The highest BCUT2D eigenvalue weighted by molar-refractivity contribution is 5.89. The topological polar surface area (TPSA) is 122 Å². The summed E-state index contributed by atoms with van der Waals surface area (Å²) in [5, 5.41) is 12.3. The van der Waals surface area contributed by atoms with Crippen LogP contribution in [0.1, 0.15) is 36.0 Å². The Morgan fingerprint density at radius 3 is 1.87 bits per heavy atom. The van der Waals surface area contributed by atoms with Crippen molar-refractivity contribution in [2.75, 3.05) is 19.8 Å². The van der Waals surface area contributed by atoms with Crippen LogP contribution in [-0.4, -0.2) is 59.6 Å². The molecule has 0 aliphatic heterocycles. The van der Waals surface area contributed by atoms with Crippen LogP contribution < -0.4 is 5.32 Å². The molecule has 3 atom stereocenters. The number of esters is 2. The fourth-order valence-corrected chi connectivity index (χ4v) is 4.97. The molecular formula is C38H44N2O7. The molecule has 0 bridgehead atoms. The highest BCUT2D eigenvalue weighted by atomic mass is 16.6. The minimum absolute atomic E-state index is 0.0444. The maximum absolute atomic E-state index is 13.6. The molecule has 3 aromatic carbocycles. The summed E-state index contributed by atoms with van der Waals surface area (Å²) in [6.45, 7) is 7.10. The lowest BCUT2D eigenvalue weighted by atomic mass is 9.96. The monoisotopic (exact) mass is 640 g/mol. The molecule has 0 saturated carbocycles. The highest BCUT2D eigenvalue weighted by Crippen LogP contribution is 2.17. The number of nitrogens with zero attached hydrogens (tertiary/aromatic N) is 1. The van der Waals surface area contributed by atoms with E-state index >= 15 is 0 Å². The summed E-state index contributed by atoms with van der Waals surface area (Å²) >= 11 is 0. The number of benzene rings is 3. The number of allylic oxidation sites excluding steroid dienone is 2. The number of carbonyl (C=O) groups is 4. The first-order chi connectivity index (χ1) is 22.8. The minimum Gasteiger partial charge on any atom is -0.463 e. The highest BCUT2D eigenvalue weighted by Gasteiger charge is 2.31. The average molecular weight is 641 g/mol. The smallest absolute Gasteiger partial charge is 0.332 e. The Morgan fingerprint density at radius 1 is 0.745 bits per heavy atom. The molecule has 0 aliphatic carbocycles. The first kappa shape index (κ1) is 36.4. The number of aliphatic hydroxyl groups is 1. The van der Waals surface area contributed by atoms with Crippen molar-refractivity contribution in [3.8, 4) is 0 Å². The van der Waals surface area contributed by atoms with Crippen molar-refractivity contribution in [1.29, 1.82) is 0 Å². The molecule has 3 unspecified atom stereocenters. The van der Waals surface area contributed by atoms with E-state index in [1.807, 2.05) is 78.9 Å². The molecule has 0 saturated heterocycles. The van der Waals surface area contributed by atoms with E-state index in [2.05, 4.69) is 18.5 Å². The molecule has 2 amide bonds. The normalized spacial score (nSPS) is 12.5. The molecule has 0 spiro atoms. The Morgan fingerprint density at radius 2 is 1.30 bits per heavy atom. The van der Waals surface area contributed by atoms with Crippen LogP contribution in [0.2, 0.25) is 0 Å². The third-order valence-corrected chi connectivity index (χ3v) is 7.51. The Bertz CT molecular complexity index is 1430. The molecule has 0 radical (unpaired) electrons. The van der Waals surface area contributed by atoms with Crippen molar-refractivity contribution in [2.45, 2.75) is 44.9 Å². The summed E-state index contributed by atoms with van der Waals surface area (Å²) in [6, 6.07) is 26.5. The minimum atomic E-state index is -1.32. The number of carbonyl (C=O) groups excluding carboxylic acids is 4. The van der Waals surface area contributed by atoms with Gasteiger partial charge in [-0.25, -0.2) is 4.79 Å². The second-order valence-corrected chi connectivity index (χ2v) is 11.1. The van der Waals surface area contributed by atoms with Crippen molar-refractivity contribution >= 4 is 23.8 Å². The fraction of sp³-hybridized carbons (Fsp3) is 0.316. The van der Waals surface area contributed by atoms with Crippen LogP contribution in [-0.2, 0) is 48.2 Å². The summed E-state index contributed by atoms with van der Waals surface area (Å²) in [4.78, 5) is 54.9. The molecule has 0 heterocycles. The van der Waals surface area contributed by atoms with Gasteiger partial charge in [0, 0.05) is 19.5 Å². The van der Waals surface area contributed by atoms with Gasteiger partial charge in [0.05, 0.1) is 18.4 Å². The molecule has 0 aliphatic rings. The van der Waals surface area contributed by atoms with Crippen LogP contribution in [0.25, 0.3) is 0 Å². The van der Waals surface area contributed by atoms with Gasteiger partial charge in [-0.3, -0.25) is 14.4 Å². The fourth-order valence-electron chi connectivity index (χ4n) is 4.97. The Labute approximate surface area is 276 Å². The zero-order valence-electron chi connectivity index (χ0n) is 26.7. The molecule has 0 fully saturated rings. The van der Waals surface area contributed by atoms with Crippen LogP contribution >= 0.6 is 0 Å². The van der Waals surface area contributed by atoms with Crippen molar-refractivity contribution < 1.29 is 33.8 Å². The summed E-state index contributed by atoms with van der Waals surface area (Å²) in [5.41, 5.74) is 2.57. The van der Waals surface area contributed by atoms with Gasteiger partial charge < -0.3 is 24.8 Å². The molecule has 2 N–H and O–H groups in total. The lowest BCUT2D eigenvalue weighted by Crippen LogP contribution is -2.48. The number of ether oxygens (including phenoxy) is 2. The summed E-state index contributed by atoms with van der Waals surface area (Å²) in [6.07, 6.45) is 3.90. The van der Waals surface area contributed by atoms with E-state index in [1.54, 1.807) is 18.2 Å². The maximum atomic E-state index is 13.6. The zero-order valence-corrected chi connectivity index (χ0v) is 26.7. The second-order valence-electron chi connectivity index (χ2n) is 11.1. The van der Waals surface area contributed by atoms with Crippen molar-refractivity contribution in [3.05, 3.63) is 133 Å². The molecule has 3 aromatic rings. The molecule has 9 nitrogen and oxygen atoms in total. The number of nitrogens with one attached hydrogen (secondary N) is 1. The predicted molar refractivity (Wildman–Crippen MR) is 179 cm³/mol. The van der Waals surface area contributed by atoms with Gasteiger partial charge in [-0.05, 0) is 36.0 Å².